The van der Waals surface area contributed by atoms with E-state index in [-0.39, 0.29) is 5.56 Å². The number of carbonyl (C=O) groups excluding carboxylic acids is 1. The van der Waals surface area contributed by atoms with Crippen molar-refractivity contribution in [2.24, 2.45) is 0 Å². The number of methoxy groups -OCH3 is 1. The number of H-pyrrole nitrogens is 1. The van der Waals surface area contributed by atoms with Gasteiger partial charge in [-0.3, -0.25) is 9.97 Å². The number of ether oxygens (including phenoxy) is 2. The van der Waals surface area contributed by atoms with E-state index < -0.39 is 5.97 Å². The van der Waals surface area contributed by atoms with E-state index in [4.69, 9.17) is 21.1 Å². The lowest BCUT2D eigenvalue weighted by atomic mass is 9.98. The SMILES string of the molecule is CNCCOc1cnccc1-c1[nH]c2cccnc2c1-c1ccc(Cl)c(C(=O)OC)c1. The van der Waals surface area contributed by atoms with Gasteiger partial charge in [-0.05, 0) is 42.9 Å². The first-order valence-corrected chi connectivity index (χ1v) is 10.1. The maximum atomic E-state index is 12.2. The van der Waals surface area contributed by atoms with Crippen LogP contribution in [0, 0.1) is 0 Å². The zero-order chi connectivity index (χ0) is 21.8. The predicted molar refractivity (Wildman–Crippen MR) is 121 cm³/mol. The van der Waals surface area contributed by atoms with E-state index in [2.05, 4.69) is 20.3 Å². The Morgan fingerprint density at radius 1 is 1.23 bits per heavy atom. The van der Waals surface area contributed by atoms with Crippen molar-refractivity contribution in [3.8, 4) is 28.1 Å². The van der Waals surface area contributed by atoms with Crippen LogP contribution >= 0.6 is 11.6 Å². The number of benzene rings is 1. The van der Waals surface area contributed by atoms with Crippen molar-refractivity contribution in [3.05, 3.63) is 65.6 Å². The normalized spacial score (nSPS) is 10.9. The maximum absolute atomic E-state index is 12.2. The Balaban J connectivity index is 1.93. The van der Waals surface area contributed by atoms with Crippen LogP contribution in [0.15, 0.2) is 55.0 Å². The van der Waals surface area contributed by atoms with E-state index in [1.807, 2.05) is 31.3 Å². The average molecular weight is 437 g/mol. The first kappa shape index (κ1) is 20.8. The summed E-state index contributed by atoms with van der Waals surface area (Å²) in [6.45, 7) is 1.20. The zero-order valence-electron chi connectivity index (χ0n) is 17.1. The number of esters is 1. The van der Waals surface area contributed by atoms with Gasteiger partial charge in [0.25, 0.3) is 0 Å². The second kappa shape index (κ2) is 9.16. The van der Waals surface area contributed by atoms with Gasteiger partial charge in [-0.15, -0.1) is 0 Å². The fraction of sp³-hybridized carbons (Fsp3) is 0.174. The van der Waals surface area contributed by atoms with Crippen LogP contribution in [0.3, 0.4) is 0 Å². The Hall–Kier alpha value is -3.42. The summed E-state index contributed by atoms with van der Waals surface area (Å²) >= 11 is 6.24. The van der Waals surface area contributed by atoms with E-state index in [0.29, 0.717) is 23.9 Å². The number of hydrogen-bond acceptors (Lipinski definition) is 6. The highest BCUT2D eigenvalue weighted by Crippen LogP contribution is 2.41. The summed E-state index contributed by atoms with van der Waals surface area (Å²) in [7, 11) is 3.20. The van der Waals surface area contributed by atoms with E-state index >= 15 is 0 Å². The predicted octanol–water partition coefficient (Wildman–Crippen LogP) is 4.33. The van der Waals surface area contributed by atoms with Crippen molar-refractivity contribution >= 4 is 28.6 Å². The van der Waals surface area contributed by atoms with E-state index in [1.165, 1.54) is 7.11 Å². The number of nitrogens with one attached hydrogen (secondary N) is 2. The van der Waals surface area contributed by atoms with Crippen molar-refractivity contribution in [1.29, 1.82) is 0 Å². The molecule has 3 heterocycles. The lowest BCUT2D eigenvalue weighted by molar-refractivity contribution is 0.0601. The summed E-state index contributed by atoms with van der Waals surface area (Å²) in [5.74, 6) is 0.147. The van der Waals surface area contributed by atoms with Crippen LogP contribution in [-0.2, 0) is 4.74 Å². The molecule has 1 aromatic carbocycles. The smallest absolute Gasteiger partial charge is 0.339 e. The Morgan fingerprint density at radius 3 is 2.90 bits per heavy atom. The molecule has 7 nitrogen and oxygen atoms in total. The number of carbonyl (C=O) groups is 1. The molecule has 158 valence electrons. The van der Waals surface area contributed by atoms with Crippen LogP contribution < -0.4 is 10.1 Å². The third-order valence-corrected chi connectivity index (χ3v) is 5.21. The largest absolute Gasteiger partial charge is 0.490 e. The highest BCUT2D eigenvalue weighted by atomic mass is 35.5. The fourth-order valence-electron chi connectivity index (χ4n) is 3.42. The lowest BCUT2D eigenvalue weighted by Gasteiger charge is -2.12. The molecule has 8 heteroatoms. The molecule has 31 heavy (non-hydrogen) atoms. The van der Waals surface area contributed by atoms with Crippen molar-refractivity contribution in [1.82, 2.24) is 20.3 Å². The Bertz CT molecular complexity index is 1240. The molecular weight excluding hydrogens is 416 g/mol. The van der Waals surface area contributed by atoms with Crippen LogP contribution in [0.1, 0.15) is 10.4 Å². The van der Waals surface area contributed by atoms with Gasteiger partial charge in [0.15, 0.2) is 0 Å². The van der Waals surface area contributed by atoms with Gasteiger partial charge in [-0.25, -0.2) is 4.79 Å². The van der Waals surface area contributed by atoms with Crippen molar-refractivity contribution < 1.29 is 14.3 Å². The molecule has 0 aliphatic carbocycles. The van der Waals surface area contributed by atoms with Gasteiger partial charge >= 0.3 is 5.97 Å². The molecule has 0 aliphatic rings. The van der Waals surface area contributed by atoms with Gasteiger partial charge in [0.2, 0.25) is 0 Å². The number of pyridine rings is 2. The summed E-state index contributed by atoms with van der Waals surface area (Å²) in [6.07, 6.45) is 5.14. The Kier molecular flexibility index (Phi) is 6.16. The summed E-state index contributed by atoms with van der Waals surface area (Å²) in [4.78, 5) is 24.5. The average Bonchev–Trinajstić information content (AvgIpc) is 3.19. The molecule has 4 aromatic rings. The number of rotatable bonds is 7. The molecule has 0 saturated heterocycles. The number of hydrogen-bond donors (Lipinski definition) is 2. The minimum absolute atomic E-state index is 0.290. The van der Waals surface area contributed by atoms with E-state index in [9.17, 15) is 4.79 Å². The zero-order valence-corrected chi connectivity index (χ0v) is 17.9. The highest BCUT2D eigenvalue weighted by molar-refractivity contribution is 6.33. The number of aromatic amines is 1. The van der Waals surface area contributed by atoms with Gasteiger partial charge in [-0.2, -0.15) is 0 Å². The van der Waals surface area contributed by atoms with Gasteiger partial charge < -0.3 is 19.8 Å². The molecular formula is C23H21ClN4O3. The quantitative estimate of drug-likeness (QED) is 0.331. The van der Waals surface area contributed by atoms with Gasteiger partial charge in [0.05, 0.1) is 40.6 Å². The molecule has 4 rings (SSSR count). The monoisotopic (exact) mass is 436 g/mol. The molecule has 0 radical (unpaired) electrons. The van der Waals surface area contributed by atoms with Gasteiger partial charge in [0, 0.05) is 30.1 Å². The lowest BCUT2D eigenvalue weighted by Crippen LogP contribution is -2.16. The number of halogens is 1. The van der Waals surface area contributed by atoms with Crippen LogP contribution in [0.25, 0.3) is 33.4 Å². The second-order valence-electron chi connectivity index (χ2n) is 6.78. The standard InChI is InChI=1S/C23H21ClN4O3/c1-25-10-11-31-19-13-26-9-7-15(19)21-20(22-18(28-21)4-3-8-27-22)14-5-6-17(24)16(12-14)23(29)30-2/h3-9,12-13,25,28H,10-11H2,1-2H3. The number of likely N-dealkylation sites (N-methyl/N-ethyl adjacent to an activating group) is 1. The molecule has 0 saturated carbocycles. The Morgan fingerprint density at radius 2 is 2.10 bits per heavy atom. The molecule has 3 aromatic heterocycles. The maximum Gasteiger partial charge on any atom is 0.339 e. The van der Waals surface area contributed by atoms with E-state index in [0.717, 1.165) is 33.4 Å². The molecule has 0 atom stereocenters. The minimum Gasteiger partial charge on any atom is -0.490 e. The molecule has 0 aliphatic heterocycles. The van der Waals surface area contributed by atoms with Crippen LogP contribution in [0.5, 0.6) is 5.75 Å². The van der Waals surface area contributed by atoms with Gasteiger partial charge in [-0.1, -0.05) is 17.7 Å². The van der Waals surface area contributed by atoms with Crippen molar-refractivity contribution in [3.63, 3.8) is 0 Å². The third kappa shape index (κ3) is 4.10. The summed E-state index contributed by atoms with van der Waals surface area (Å²) in [6, 6.07) is 11.0. The molecule has 0 unspecified atom stereocenters. The van der Waals surface area contributed by atoms with Crippen LogP contribution in [0.4, 0.5) is 0 Å². The number of nitrogens with zero attached hydrogens (tertiary/aromatic N) is 2. The summed E-state index contributed by atoms with van der Waals surface area (Å²) < 4.78 is 10.8. The molecule has 0 fully saturated rings. The summed E-state index contributed by atoms with van der Waals surface area (Å²) in [5.41, 5.74) is 5.19. The minimum atomic E-state index is -0.499. The first-order valence-electron chi connectivity index (χ1n) is 9.70. The van der Waals surface area contributed by atoms with Gasteiger partial charge in [0.1, 0.15) is 12.4 Å². The molecule has 2 N–H and O–H groups in total. The highest BCUT2D eigenvalue weighted by Gasteiger charge is 2.21. The number of fused-ring (bicyclic) bond motifs is 1. The van der Waals surface area contributed by atoms with Crippen LogP contribution in [0.2, 0.25) is 5.02 Å². The topological polar surface area (TPSA) is 89.1 Å². The second-order valence-corrected chi connectivity index (χ2v) is 7.19. The molecule has 0 spiro atoms. The van der Waals surface area contributed by atoms with Crippen molar-refractivity contribution in [2.75, 3.05) is 27.3 Å². The fourth-order valence-corrected chi connectivity index (χ4v) is 3.61. The first-order chi connectivity index (χ1) is 15.1. The van der Waals surface area contributed by atoms with Crippen molar-refractivity contribution in [2.45, 2.75) is 0 Å². The molecule has 0 bridgehead atoms. The van der Waals surface area contributed by atoms with E-state index in [1.54, 1.807) is 30.7 Å². The summed E-state index contributed by atoms with van der Waals surface area (Å²) in [5, 5.41) is 3.39. The third-order valence-electron chi connectivity index (χ3n) is 4.88. The molecule has 0 amide bonds. The Labute approximate surface area is 184 Å². The van der Waals surface area contributed by atoms with Crippen LogP contribution in [-0.4, -0.2) is 48.2 Å². The number of aromatic nitrogens is 3.